The summed E-state index contributed by atoms with van der Waals surface area (Å²) in [4.78, 5) is 29.5. The van der Waals surface area contributed by atoms with Gasteiger partial charge in [-0.05, 0) is 36.8 Å². The fraction of sp³-hybridized carbons (Fsp3) is 0.360. The van der Waals surface area contributed by atoms with Crippen molar-refractivity contribution in [3.05, 3.63) is 71.3 Å². The zero-order valence-electron chi connectivity index (χ0n) is 20.2. The maximum Gasteiger partial charge on any atom is 0.416 e. The number of benzene rings is 2. The van der Waals surface area contributed by atoms with Crippen LogP contribution in [0.4, 0.5) is 24.5 Å². The molecule has 12 heteroatoms. The number of ether oxygens (including phenoxy) is 1. The van der Waals surface area contributed by atoms with E-state index >= 15 is 0 Å². The fourth-order valence-corrected chi connectivity index (χ4v) is 4.56. The van der Waals surface area contributed by atoms with Crippen LogP contribution >= 0.6 is 0 Å². The number of hydrazine groups is 1. The summed E-state index contributed by atoms with van der Waals surface area (Å²) >= 11 is 0. The Labute approximate surface area is 212 Å². The largest absolute Gasteiger partial charge is 0.416 e. The molecule has 2 amide bonds. The lowest BCUT2D eigenvalue weighted by Crippen LogP contribution is -2.61. The third-order valence-corrected chi connectivity index (χ3v) is 6.33. The zero-order valence-corrected chi connectivity index (χ0v) is 20.2. The summed E-state index contributed by atoms with van der Waals surface area (Å²) in [6, 6.07) is 9.27. The molecule has 2 heterocycles. The van der Waals surface area contributed by atoms with Gasteiger partial charge in [-0.1, -0.05) is 24.3 Å². The predicted octanol–water partition coefficient (Wildman–Crippen LogP) is 2.29. The van der Waals surface area contributed by atoms with Crippen molar-refractivity contribution in [1.82, 2.24) is 9.91 Å². The Bertz CT molecular complexity index is 1190. The molecular weight excluding hydrogens is 489 g/mol. The van der Waals surface area contributed by atoms with E-state index in [0.29, 0.717) is 18.8 Å². The number of halogens is 3. The molecule has 198 valence electrons. The first-order chi connectivity index (χ1) is 17.6. The molecule has 1 saturated heterocycles. The van der Waals surface area contributed by atoms with Crippen molar-refractivity contribution in [3.8, 4) is 0 Å². The van der Waals surface area contributed by atoms with E-state index in [-0.39, 0.29) is 31.2 Å². The van der Waals surface area contributed by atoms with Crippen LogP contribution in [0.5, 0.6) is 0 Å². The number of alkyl halides is 3. The lowest BCUT2D eigenvalue weighted by molar-refractivity contribution is -0.137. The molecule has 2 aromatic rings. The topological polar surface area (TPSA) is 117 Å². The van der Waals surface area contributed by atoms with Gasteiger partial charge in [0.1, 0.15) is 0 Å². The van der Waals surface area contributed by atoms with Crippen molar-refractivity contribution in [2.24, 2.45) is 11.6 Å². The van der Waals surface area contributed by atoms with Gasteiger partial charge in [-0.25, -0.2) is 10.9 Å². The molecule has 5 N–H and O–H groups in total. The van der Waals surface area contributed by atoms with Gasteiger partial charge in [0.2, 0.25) is 5.91 Å². The van der Waals surface area contributed by atoms with E-state index in [4.69, 9.17) is 16.3 Å². The van der Waals surface area contributed by atoms with E-state index in [9.17, 15) is 22.8 Å². The second-order valence-electron chi connectivity index (χ2n) is 8.84. The molecular formula is C25H29F3N6O3. The Kier molecular flexibility index (Phi) is 7.71. The Morgan fingerprint density at radius 2 is 2.00 bits per heavy atom. The maximum atomic E-state index is 13.3. The van der Waals surface area contributed by atoms with Crippen LogP contribution in [0.15, 0.2) is 54.6 Å². The third-order valence-electron chi connectivity index (χ3n) is 6.33. The lowest BCUT2D eigenvalue weighted by Gasteiger charge is -2.39. The highest BCUT2D eigenvalue weighted by molar-refractivity contribution is 5.95. The van der Waals surface area contributed by atoms with Crippen LogP contribution in [-0.4, -0.2) is 66.9 Å². The van der Waals surface area contributed by atoms with Gasteiger partial charge in [0, 0.05) is 31.3 Å². The highest BCUT2D eigenvalue weighted by atomic mass is 19.4. The van der Waals surface area contributed by atoms with E-state index in [2.05, 4.69) is 5.32 Å². The molecule has 2 aliphatic rings. The summed E-state index contributed by atoms with van der Waals surface area (Å²) in [5.41, 5.74) is 6.68. The van der Waals surface area contributed by atoms with E-state index < -0.39 is 30.0 Å². The maximum absolute atomic E-state index is 13.3. The lowest BCUT2D eigenvalue weighted by atomic mass is 10.1. The molecule has 0 aromatic heterocycles. The Balaban J connectivity index is 1.67. The number of carbonyl (C=O) groups excluding carboxylic acids is 2. The number of hydrogen-bond donors (Lipinski definition) is 3. The number of para-hydroxylation sites is 1. The van der Waals surface area contributed by atoms with Gasteiger partial charge in [0.15, 0.2) is 6.29 Å². The number of fused-ring (bicyclic) bond motifs is 1. The normalized spacial score (nSPS) is 19.9. The minimum absolute atomic E-state index is 0.201. The molecule has 1 unspecified atom stereocenters. The van der Waals surface area contributed by atoms with Crippen molar-refractivity contribution in [1.29, 1.82) is 0 Å². The number of nitrogens with one attached hydrogen (secondary N) is 1. The monoisotopic (exact) mass is 518 g/mol. The fourth-order valence-electron chi connectivity index (χ4n) is 4.56. The minimum Gasteiger partial charge on any atom is -0.377 e. The smallest absolute Gasteiger partial charge is 0.377 e. The van der Waals surface area contributed by atoms with E-state index in [1.165, 1.54) is 18.2 Å². The number of anilines is 2. The van der Waals surface area contributed by atoms with Crippen LogP contribution in [-0.2, 0) is 15.7 Å². The van der Waals surface area contributed by atoms with E-state index in [1.54, 1.807) is 11.0 Å². The van der Waals surface area contributed by atoms with Gasteiger partial charge in [0.25, 0.3) is 5.91 Å². The van der Waals surface area contributed by atoms with Crippen molar-refractivity contribution in [3.63, 3.8) is 0 Å². The first-order valence-electron chi connectivity index (χ1n) is 11.7. The van der Waals surface area contributed by atoms with Crippen LogP contribution < -0.4 is 21.8 Å². The average Bonchev–Trinajstić information content (AvgIpc) is 3.10. The molecule has 0 radical (unpaired) electrons. The number of amides is 2. The second kappa shape index (κ2) is 10.8. The van der Waals surface area contributed by atoms with Crippen LogP contribution in [0.25, 0.3) is 0 Å². The molecule has 4 rings (SSSR count). The molecule has 0 spiro atoms. The number of nitrogens with two attached hydrogens (primary N) is 2. The van der Waals surface area contributed by atoms with Crippen LogP contribution in [0, 0.1) is 6.92 Å². The molecule has 0 saturated carbocycles. The number of nitrogens with zero attached hydrogens (tertiary/aromatic N) is 3. The van der Waals surface area contributed by atoms with Gasteiger partial charge in [0.05, 0.1) is 36.2 Å². The first-order valence-corrected chi connectivity index (χ1v) is 11.7. The predicted molar refractivity (Wildman–Crippen MR) is 132 cm³/mol. The average molecular weight is 519 g/mol. The molecule has 2 aliphatic heterocycles. The van der Waals surface area contributed by atoms with Gasteiger partial charge in [-0.2, -0.15) is 13.2 Å². The van der Waals surface area contributed by atoms with E-state index in [0.717, 1.165) is 28.4 Å². The molecule has 9 nitrogen and oxygen atoms in total. The Hall–Kier alpha value is -3.61. The molecule has 37 heavy (non-hydrogen) atoms. The summed E-state index contributed by atoms with van der Waals surface area (Å²) in [7, 11) is 0. The van der Waals surface area contributed by atoms with Crippen molar-refractivity contribution in [2.45, 2.75) is 25.4 Å². The zero-order chi connectivity index (χ0) is 26.7. The van der Waals surface area contributed by atoms with Gasteiger partial charge in [-0.15, -0.1) is 0 Å². The molecule has 2 atom stereocenters. The van der Waals surface area contributed by atoms with Crippen LogP contribution in [0.1, 0.15) is 21.5 Å². The van der Waals surface area contributed by atoms with Gasteiger partial charge < -0.3 is 25.6 Å². The summed E-state index contributed by atoms with van der Waals surface area (Å²) in [6.07, 6.45) is -2.57. The quantitative estimate of drug-likeness (QED) is 0.241. The van der Waals surface area contributed by atoms with Gasteiger partial charge in [-0.3, -0.25) is 9.59 Å². The summed E-state index contributed by atoms with van der Waals surface area (Å²) in [6.45, 7) is 3.32. The molecule has 1 fully saturated rings. The van der Waals surface area contributed by atoms with Crippen LogP contribution in [0.3, 0.4) is 0 Å². The number of carbonyl (C=O) groups is 2. The SMILES string of the molecule is Cc1cccc2c1N([C@@H]1COCCN(C(=O)/C=C/CN)C1)C(N(N)C(=O)c1cccc(C(F)(F)F)c1)N2. The van der Waals surface area contributed by atoms with Crippen molar-refractivity contribution >= 4 is 23.2 Å². The summed E-state index contributed by atoms with van der Waals surface area (Å²) in [5.74, 6) is 5.27. The minimum atomic E-state index is -4.60. The molecule has 0 aliphatic carbocycles. The first kappa shape index (κ1) is 26.5. The standard InChI is InChI=1S/C25H29F3N6O3/c1-16-5-2-8-20-22(16)33(19-14-32(11-12-37-15-19)21(35)9-4-10-29)24(31-20)34(30)23(36)17-6-3-7-18(13-17)25(26,27)28/h2-9,13,19,24,31H,10-12,14-15,29-30H2,1H3/b9-4+/t19-,24?/m0/s1. The van der Waals surface area contributed by atoms with Crippen LogP contribution in [0.2, 0.25) is 0 Å². The Morgan fingerprint density at radius 3 is 2.73 bits per heavy atom. The number of rotatable bonds is 5. The summed E-state index contributed by atoms with van der Waals surface area (Å²) < 4.78 is 45.5. The second-order valence-corrected chi connectivity index (χ2v) is 8.84. The molecule has 2 aromatic carbocycles. The third kappa shape index (κ3) is 5.55. The van der Waals surface area contributed by atoms with Gasteiger partial charge >= 0.3 is 6.18 Å². The van der Waals surface area contributed by atoms with Crippen molar-refractivity contribution < 1.29 is 27.5 Å². The highest BCUT2D eigenvalue weighted by Gasteiger charge is 2.41. The van der Waals surface area contributed by atoms with E-state index in [1.807, 2.05) is 30.0 Å². The van der Waals surface area contributed by atoms with Crippen molar-refractivity contribution in [2.75, 3.05) is 43.1 Å². The summed E-state index contributed by atoms with van der Waals surface area (Å²) in [5, 5.41) is 4.09. The number of hydrogen-bond acceptors (Lipinski definition) is 7. The Morgan fingerprint density at radius 1 is 1.24 bits per heavy atom. The number of aryl methyl sites for hydroxylation is 1. The highest BCUT2D eigenvalue weighted by Crippen LogP contribution is 2.40. The molecule has 0 bridgehead atoms.